The summed E-state index contributed by atoms with van der Waals surface area (Å²) in [6.07, 6.45) is 0. The smallest absolute Gasteiger partial charge is 0.570 e. The van der Waals surface area contributed by atoms with Crippen molar-refractivity contribution < 1.29 is 34.2 Å². The Morgan fingerprint density at radius 1 is 0.969 bits per heavy atom. The molecular weight excluding hydrogens is 600 g/mol. The second-order valence-electron chi connectivity index (χ2n) is 7.15. The van der Waals surface area contributed by atoms with Gasteiger partial charge in [0.05, 0.1) is 11.4 Å². The minimum atomic E-state index is -1.01. The first-order valence-electron chi connectivity index (χ1n) is 9.09. The summed E-state index contributed by atoms with van der Waals surface area (Å²) < 4.78 is 41.5. The summed E-state index contributed by atoms with van der Waals surface area (Å²) >= 11 is 0. The molecule has 0 amide bonds. The summed E-state index contributed by atoms with van der Waals surface area (Å²) in [5.74, 6) is -2.82. The molecule has 6 nitrogen and oxygen atoms in total. The molecule has 10 heteroatoms. The number of pyridine rings is 3. The summed E-state index contributed by atoms with van der Waals surface area (Å²) in [5, 5.41) is 16.1. The van der Waals surface area contributed by atoms with Gasteiger partial charge in [0.15, 0.2) is 5.69 Å². The molecule has 0 unspecified atom stereocenters. The molecule has 4 aromatic rings. The normalized spacial score (nSPS) is 11.0. The van der Waals surface area contributed by atoms with E-state index >= 15 is 0 Å². The molecule has 0 N–H and O–H groups in total. The maximum atomic E-state index is 14.3. The van der Waals surface area contributed by atoms with Crippen molar-refractivity contribution in [2.75, 3.05) is 0 Å². The minimum Gasteiger partial charge on any atom is -0.570 e. The Kier molecular flexibility index (Phi) is 6.56. The van der Waals surface area contributed by atoms with Gasteiger partial charge in [-0.1, -0.05) is 35.5 Å². The molecule has 0 radical (unpaired) electrons. The number of aromatic nitrogens is 5. The fourth-order valence-electron chi connectivity index (χ4n) is 3.06. The first-order chi connectivity index (χ1) is 14.8. The maximum absolute atomic E-state index is 14.3. The van der Waals surface area contributed by atoms with Gasteiger partial charge in [-0.05, 0) is 37.7 Å². The van der Waals surface area contributed by atoms with Crippen LogP contribution in [0.3, 0.4) is 0 Å². The Labute approximate surface area is 195 Å². The summed E-state index contributed by atoms with van der Waals surface area (Å²) in [7, 11) is 0. The van der Waals surface area contributed by atoms with E-state index in [-0.39, 0.29) is 43.7 Å². The Morgan fingerprint density at radius 3 is 2.19 bits per heavy atom. The average molecular weight is 613 g/mol. The molecule has 32 heavy (non-hydrogen) atoms. The van der Waals surface area contributed by atoms with E-state index in [1.54, 1.807) is 42.5 Å². The maximum Gasteiger partial charge on any atom is 2.00 e. The first kappa shape index (κ1) is 23.3. The third-order valence-electron chi connectivity index (χ3n) is 4.80. The quantitative estimate of drug-likeness (QED) is 0.256. The van der Waals surface area contributed by atoms with E-state index < -0.39 is 28.8 Å². The van der Waals surface area contributed by atoms with Crippen LogP contribution in [0.4, 0.5) is 13.2 Å². The minimum absolute atomic E-state index is 0. The number of halogens is 3. The van der Waals surface area contributed by atoms with Crippen LogP contribution in [0.1, 0.15) is 30.9 Å². The largest absolute Gasteiger partial charge is 2.00 e. The van der Waals surface area contributed by atoms with Crippen molar-refractivity contribution in [1.29, 1.82) is 5.26 Å². The van der Waals surface area contributed by atoms with Gasteiger partial charge in [0, 0.05) is 11.1 Å². The van der Waals surface area contributed by atoms with Gasteiger partial charge < -0.3 is 15.2 Å². The van der Waals surface area contributed by atoms with Crippen molar-refractivity contribution in [2.24, 2.45) is 0 Å². The van der Waals surface area contributed by atoms with Gasteiger partial charge in [0.25, 0.3) is 0 Å². The van der Waals surface area contributed by atoms with Gasteiger partial charge >= 0.3 is 21.1 Å². The summed E-state index contributed by atoms with van der Waals surface area (Å²) in [5.41, 5.74) is 0.181. The van der Waals surface area contributed by atoms with E-state index in [9.17, 15) is 13.2 Å². The zero-order valence-corrected chi connectivity index (χ0v) is 18.9. The molecule has 162 valence electrons. The van der Waals surface area contributed by atoms with E-state index in [0.29, 0.717) is 11.4 Å². The molecule has 0 saturated heterocycles. The predicted octanol–water partition coefficient (Wildman–Crippen LogP) is 3.97. The van der Waals surface area contributed by atoms with Gasteiger partial charge in [-0.2, -0.15) is 5.26 Å². The third kappa shape index (κ3) is 4.19. The van der Waals surface area contributed by atoms with Crippen molar-refractivity contribution in [2.45, 2.75) is 19.3 Å². The molecule has 0 saturated carbocycles. The van der Waals surface area contributed by atoms with Gasteiger partial charge in [0.1, 0.15) is 23.8 Å². The summed E-state index contributed by atoms with van der Waals surface area (Å²) in [6.45, 7) is 3.70. The van der Waals surface area contributed by atoms with Crippen molar-refractivity contribution in [1.82, 2.24) is 25.1 Å². The van der Waals surface area contributed by atoms with E-state index in [1.165, 1.54) is 0 Å². The molecule has 0 aliphatic carbocycles. The van der Waals surface area contributed by atoms with Gasteiger partial charge in [-0.25, -0.2) is 13.2 Å². The molecule has 0 spiro atoms. The Hall–Kier alpha value is -3.37. The molecular formula is C22H13F3N6Pt. The van der Waals surface area contributed by atoms with Crippen LogP contribution >= 0.6 is 0 Å². The monoisotopic (exact) mass is 613 g/mol. The second kappa shape index (κ2) is 9.01. The van der Waals surface area contributed by atoms with Crippen molar-refractivity contribution in [3.63, 3.8) is 0 Å². The molecule has 0 aliphatic heterocycles. The van der Waals surface area contributed by atoms with Crippen LogP contribution in [-0.4, -0.2) is 20.1 Å². The molecule has 0 atom stereocenters. The zero-order valence-electron chi connectivity index (χ0n) is 16.7. The van der Waals surface area contributed by atoms with E-state index in [0.717, 1.165) is 6.07 Å². The number of hydrogen-bond donors (Lipinski definition) is 0. The van der Waals surface area contributed by atoms with Crippen LogP contribution in [0.5, 0.6) is 0 Å². The van der Waals surface area contributed by atoms with Crippen LogP contribution in [0.2, 0.25) is 0 Å². The average Bonchev–Trinajstić information content (AvgIpc) is 3.14. The fraction of sp³-hybridized carbons (Fsp3) is 0.136. The van der Waals surface area contributed by atoms with Crippen molar-refractivity contribution in [3.05, 3.63) is 83.3 Å². The van der Waals surface area contributed by atoms with E-state index in [4.69, 9.17) is 5.26 Å². The van der Waals surface area contributed by atoms with Gasteiger partial charge in [-0.15, -0.1) is 6.07 Å². The number of hydrogen-bond acceptors (Lipinski definition) is 5. The van der Waals surface area contributed by atoms with Crippen molar-refractivity contribution in [3.8, 4) is 28.7 Å². The molecule has 4 heterocycles. The van der Waals surface area contributed by atoms with Crippen LogP contribution < -0.4 is 5.10 Å². The SMILES string of the molecule is CC(C)(c1cccc(-c2[c-]cc(F)nc2F)n1)c1cccc(-c2[n-]nc(C#N)c2F)n1.[Pt+2]. The van der Waals surface area contributed by atoms with E-state index in [2.05, 4.69) is 31.2 Å². The third-order valence-corrected chi connectivity index (χ3v) is 4.80. The van der Waals surface area contributed by atoms with Crippen LogP contribution in [-0.2, 0) is 26.5 Å². The summed E-state index contributed by atoms with van der Waals surface area (Å²) in [6, 6.07) is 15.1. The molecule has 0 aliphatic rings. The second-order valence-corrected chi connectivity index (χ2v) is 7.15. The zero-order chi connectivity index (χ0) is 22.2. The molecule has 4 aromatic heterocycles. The Bertz CT molecular complexity index is 1330. The Morgan fingerprint density at radius 2 is 1.59 bits per heavy atom. The van der Waals surface area contributed by atoms with Crippen molar-refractivity contribution >= 4 is 0 Å². The van der Waals surface area contributed by atoms with Crippen LogP contribution in [0, 0.1) is 35.1 Å². The number of nitriles is 1. The number of rotatable bonds is 4. The predicted molar refractivity (Wildman–Crippen MR) is 104 cm³/mol. The molecule has 0 aromatic carbocycles. The fourth-order valence-corrected chi connectivity index (χ4v) is 3.06. The van der Waals surface area contributed by atoms with E-state index in [1.807, 2.05) is 13.8 Å². The summed E-state index contributed by atoms with van der Waals surface area (Å²) in [4.78, 5) is 12.2. The standard InChI is InChI=1S/C22H13F3N6.Pt/c1-22(2,16-7-3-5-13(27-16)12-9-10-18(23)29-21(12)25)17-8-4-6-14(28-17)20-19(24)15(11-26)30-31-20;/h3-8,10H,1-2H3;/q-2;+2. The first-order valence-corrected chi connectivity index (χ1v) is 9.09. The van der Waals surface area contributed by atoms with Crippen LogP contribution in [0.25, 0.3) is 22.6 Å². The van der Waals surface area contributed by atoms with Gasteiger partial charge in [-0.3, -0.25) is 9.97 Å². The molecule has 0 fully saturated rings. The Balaban J connectivity index is 0.00000289. The molecule has 4 rings (SSSR count). The number of nitrogens with zero attached hydrogens (tertiary/aromatic N) is 6. The molecule has 0 bridgehead atoms. The topological polar surface area (TPSA) is 89.5 Å². The van der Waals surface area contributed by atoms with Gasteiger partial charge in [0.2, 0.25) is 0 Å². The van der Waals surface area contributed by atoms with Crippen LogP contribution in [0.15, 0.2) is 42.5 Å².